The smallest absolute Gasteiger partial charge is 0.0537 e. The molecule has 1 fully saturated rings. The van der Waals surface area contributed by atoms with Crippen LogP contribution in [0, 0.1) is 19.3 Å². The van der Waals surface area contributed by atoms with Crippen LogP contribution in [0.25, 0.3) is 0 Å². The Hall–Kier alpha value is -0.530. The minimum absolute atomic E-state index is 0.165. The normalized spacial score (nSPS) is 24.9. The maximum atomic E-state index is 6.14. The average Bonchev–Trinajstić information content (AvgIpc) is 2.73. The Morgan fingerprint density at radius 3 is 2.50 bits per heavy atom. The molecule has 0 radical (unpaired) electrons. The molecule has 2 rings (SSSR count). The fourth-order valence-corrected chi connectivity index (χ4v) is 2.75. The van der Waals surface area contributed by atoms with Gasteiger partial charge in [-0.3, -0.25) is 0 Å². The number of benzene rings is 1. The minimum Gasteiger partial charge on any atom is -0.381 e. The number of halogens is 1. The molecule has 0 bridgehead atoms. The molecule has 0 amide bonds. The predicted molar refractivity (Wildman–Crippen MR) is 68.2 cm³/mol. The summed E-state index contributed by atoms with van der Waals surface area (Å²) in [6.07, 6.45) is 2.14. The molecule has 1 aromatic rings. The lowest BCUT2D eigenvalue weighted by Gasteiger charge is -2.26. The third kappa shape index (κ3) is 2.26. The Morgan fingerprint density at radius 1 is 1.31 bits per heavy atom. The zero-order valence-electron chi connectivity index (χ0n) is 10.1. The SMILES string of the molecule is Cc1cccc(C)c1CC1(CCl)CCOC1. The topological polar surface area (TPSA) is 9.23 Å². The van der Waals surface area contributed by atoms with Crippen LogP contribution >= 0.6 is 11.6 Å². The zero-order valence-corrected chi connectivity index (χ0v) is 10.8. The molecular weight excluding hydrogens is 220 g/mol. The molecule has 1 heterocycles. The van der Waals surface area contributed by atoms with E-state index in [1.165, 1.54) is 16.7 Å². The van der Waals surface area contributed by atoms with Gasteiger partial charge in [0, 0.05) is 17.9 Å². The van der Waals surface area contributed by atoms with Crippen LogP contribution < -0.4 is 0 Å². The number of ether oxygens (including phenoxy) is 1. The average molecular weight is 239 g/mol. The van der Waals surface area contributed by atoms with E-state index in [9.17, 15) is 0 Å². The highest BCUT2D eigenvalue weighted by molar-refractivity contribution is 6.18. The monoisotopic (exact) mass is 238 g/mol. The second-order valence-electron chi connectivity index (χ2n) is 4.98. The summed E-state index contributed by atoms with van der Waals surface area (Å²) in [6, 6.07) is 6.48. The van der Waals surface area contributed by atoms with E-state index in [0.717, 1.165) is 26.1 Å². The molecule has 0 aliphatic carbocycles. The Balaban J connectivity index is 2.25. The molecule has 1 aromatic carbocycles. The molecule has 88 valence electrons. The van der Waals surface area contributed by atoms with Gasteiger partial charge in [-0.2, -0.15) is 0 Å². The fraction of sp³-hybridized carbons (Fsp3) is 0.571. The summed E-state index contributed by atoms with van der Waals surface area (Å²) in [5, 5.41) is 0. The van der Waals surface area contributed by atoms with Gasteiger partial charge in [0.15, 0.2) is 0 Å². The van der Waals surface area contributed by atoms with Gasteiger partial charge in [-0.1, -0.05) is 18.2 Å². The van der Waals surface area contributed by atoms with Crippen molar-refractivity contribution in [2.75, 3.05) is 19.1 Å². The minimum atomic E-state index is 0.165. The molecule has 1 atom stereocenters. The summed E-state index contributed by atoms with van der Waals surface area (Å²) in [5.41, 5.74) is 4.36. The molecule has 0 N–H and O–H groups in total. The summed E-state index contributed by atoms with van der Waals surface area (Å²) in [5.74, 6) is 0.695. The van der Waals surface area contributed by atoms with Crippen LogP contribution in [0.2, 0.25) is 0 Å². The first-order valence-electron chi connectivity index (χ1n) is 5.86. The van der Waals surface area contributed by atoms with E-state index in [4.69, 9.17) is 16.3 Å². The van der Waals surface area contributed by atoms with Crippen LogP contribution in [-0.2, 0) is 11.2 Å². The highest BCUT2D eigenvalue weighted by Gasteiger charge is 2.34. The van der Waals surface area contributed by atoms with Gasteiger partial charge in [0.05, 0.1) is 6.61 Å². The third-order valence-electron chi connectivity index (χ3n) is 3.66. The van der Waals surface area contributed by atoms with E-state index in [1.54, 1.807) is 0 Å². The van der Waals surface area contributed by atoms with E-state index in [0.29, 0.717) is 5.88 Å². The van der Waals surface area contributed by atoms with Crippen molar-refractivity contribution in [1.29, 1.82) is 0 Å². The van der Waals surface area contributed by atoms with Crippen molar-refractivity contribution in [2.24, 2.45) is 5.41 Å². The van der Waals surface area contributed by atoms with Gasteiger partial charge in [-0.25, -0.2) is 0 Å². The lowest BCUT2D eigenvalue weighted by molar-refractivity contribution is 0.161. The van der Waals surface area contributed by atoms with Crippen molar-refractivity contribution < 1.29 is 4.74 Å². The van der Waals surface area contributed by atoms with Crippen LogP contribution in [0.4, 0.5) is 0 Å². The van der Waals surface area contributed by atoms with Crippen molar-refractivity contribution >= 4 is 11.6 Å². The predicted octanol–water partition coefficient (Wildman–Crippen LogP) is 3.49. The van der Waals surface area contributed by atoms with Gasteiger partial charge in [-0.15, -0.1) is 11.6 Å². The summed E-state index contributed by atoms with van der Waals surface area (Å²) >= 11 is 6.14. The quantitative estimate of drug-likeness (QED) is 0.733. The summed E-state index contributed by atoms with van der Waals surface area (Å²) in [6.45, 7) is 6.03. The van der Waals surface area contributed by atoms with Crippen molar-refractivity contribution in [3.8, 4) is 0 Å². The molecule has 16 heavy (non-hydrogen) atoms. The largest absolute Gasteiger partial charge is 0.381 e. The summed E-state index contributed by atoms with van der Waals surface area (Å²) < 4.78 is 5.52. The second-order valence-corrected chi connectivity index (χ2v) is 5.25. The molecule has 1 unspecified atom stereocenters. The molecular formula is C14H19ClO. The van der Waals surface area contributed by atoms with E-state index in [-0.39, 0.29) is 5.41 Å². The number of hydrogen-bond donors (Lipinski definition) is 0. The first-order chi connectivity index (χ1) is 7.67. The van der Waals surface area contributed by atoms with Gasteiger partial charge >= 0.3 is 0 Å². The maximum absolute atomic E-state index is 6.14. The Labute approximate surface area is 103 Å². The summed E-state index contributed by atoms with van der Waals surface area (Å²) in [4.78, 5) is 0. The lowest BCUT2D eigenvalue weighted by Crippen LogP contribution is -2.26. The molecule has 1 aliphatic rings. The van der Waals surface area contributed by atoms with Crippen LogP contribution in [-0.4, -0.2) is 19.1 Å². The molecule has 0 aromatic heterocycles. The van der Waals surface area contributed by atoms with Gasteiger partial charge in [0.25, 0.3) is 0 Å². The number of alkyl halides is 1. The van der Waals surface area contributed by atoms with Crippen LogP contribution in [0.3, 0.4) is 0 Å². The van der Waals surface area contributed by atoms with Gasteiger partial charge in [-0.05, 0) is 43.4 Å². The first-order valence-corrected chi connectivity index (χ1v) is 6.39. The molecule has 0 spiro atoms. The lowest BCUT2D eigenvalue weighted by atomic mass is 9.80. The molecule has 1 nitrogen and oxygen atoms in total. The Bertz CT molecular complexity index is 347. The van der Waals surface area contributed by atoms with E-state index < -0.39 is 0 Å². The second kappa shape index (κ2) is 4.77. The highest BCUT2D eigenvalue weighted by atomic mass is 35.5. The van der Waals surface area contributed by atoms with Crippen LogP contribution in [0.5, 0.6) is 0 Å². The molecule has 2 heteroatoms. The third-order valence-corrected chi connectivity index (χ3v) is 4.23. The first kappa shape index (κ1) is 11.9. The van der Waals surface area contributed by atoms with Crippen LogP contribution in [0.15, 0.2) is 18.2 Å². The van der Waals surface area contributed by atoms with Crippen molar-refractivity contribution in [3.05, 3.63) is 34.9 Å². The van der Waals surface area contributed by atoms with E-state index in [2.05, 4.69) is 32.0 Å². The molecule has 1 aliphatic heterocycles. The fourth-order valence-electron chi connectivity index (χ4n) is 2.44. The van der Waals surface area contributed by atoms with E-state index >= 15 is 0 Å². The van der Waals surface area contributed by atoms with Crippen molar-refractivity contribution in [3.63, 3.8) is 0 Å². The standard InChI is InChI=1S/C14H19ClO/c1-11-4-3-5-12(2)13(11)8-14(9-15)6-7-16-10-14/h3-5H,6-10H2,1-2H3. The van der Waals surface area contributed by atoms with Gasteiger partial charge < -0.3 is 4.74 Å². The summed E-state index contributed by atoms with van der Waals surface area (Å²) in [7, 11) is 0. The number of aryl methyl sites for hydroxylation is 2. The Kier molecular flexibility index (Phi) is 3.56. The zero-order chi connectivity index (χ0) is 11.6. The van der Waals surface area contributed by atoms with Gasteiger partial charge in [0.2, 0.25) is 0 Å². The molecule has 0 saturated carbocycles. The van der Waals surface area contributed by atoms with Crippen LogP contribution in [0.1, 0.15) is 23.1 Å². The number of rotatable bonds is 3. The number of hydrogen-bond acceptors (Lipinski definition) is 1. The Morgan fingerprint density at radius 2 is 2.00 bits per heavy atom. The molecule has 1 saturated heterocycles. The maximum Gasteiger partial charge on any atom is 0.0537 e. The van der Waals surface area contributed by atoms with Gasteiger partial charge in [0.1, 0.15) is 0 Å². The van der Waals surface area contributed by atoms with Crippen molar-refractivity contribution in [2.45, 2.75) is 26.7 Å². The highest BCUT2D eigenvalue weighted by Crippen LogP contribution is 2.35. The van der Waals surface area contributed by atoms with E-state index in [1.807, 2.05) is 0 Å². The van der Waals surface area contributed by atoms with Crippen molar-refractivity contribution in [1.82, 2.24) is 0 Å².